The summed E-state index contributed by atoms with van der Waals surface area (Å²) in [5, 5.41) is 9.55. The van der Waals surface area contributed by atoms with E-state index in [1.165, 1.54) is 19.2 Å². The zero-order chi connectivity index (χ0) is 19.5. The minimum absolute atomic E-state index is 0.187. The van der Waals surface area contributed by atoms with E-state index in [0.717, 1.165) is 11.1 Å². The summed E-state index contributed by atoms with van der Waals surface area (Å²) in [6.45, 7) is 1.01. The maximum absolute atomic E-state index is 13.6. The molecule has 2 N–H and O–H groups in total. The number of H-pyrrole nitrogens is 1. The minimum Gasteiger partial charge on any atom is -0.497 e. The second kappa shape index (κ2) is 7.59. The largest absolute Gasteiger partial charge is 0.497 e. The molecular formula is C20H19FN4O3. The fourth-order valence-corrected chi connectivity index (χ4v) is 3.13. The van der Waals surface area contributed by atoms with E-state index in [0.29, 0.717) is 35.9 Å². The second-order valence-electron chi connectivity index (χ2n) is 6.33. The van der Waals surface area contributed by atoms with E-state index in [1.807, 2.05) is 18.2 Å². The Morgan fingerprint density at radius 2 is 2.21 bits per heavy atom. The number of benzene rings is 2. The van der Waals surface area contributed by atoms with Crippen LogP contribution in [-0.4, -0.2) is 36.5 Å². The highest BCUT2D eigenvalue weighted by atomic mass is 19.1. The third kappa shape index (κ3) is 3.62. The number of carbonyl (C=O) groups is 1. The number of carbonyl (C=O) groups excluding carboxylic acids is 1. The van der Waals surface area contributed by atoms with Crippen molar-refractivity contribution in [3.63, 3.8) is 0 Å². The topological polar surface area (TPSA) is 79.5 Å². The van der Waals surface area contributed by atoms with Gasteiger partial charge in [0.05, 0.1) is 25.5 Å². The molecule has 1 aliphatic heterocycles. The molecule has 0 spiro atoms. The van der Waals surface area contributed by atoms with Crippen molar-refractivity contribution in [1.29, 1.82) is 0 Å². The molecule has 2 aromatic carbocycles. The zero-order valence-corrected chi connectivity index (χ0v) is 15.2. The van der Waals surface area contributed by atoms with Crippen LogP contribution in [0.3, 0.4) is 0 Å². The van der Waals surface area contributed by atoms with Gasteiger partial charge in [-0.15, -0.1) is 0 Å². The van der Waals surface area contributed by atoms with Gasteiger partial charge in [0.15, 0.2) is 0 Å². The molecule has 4 rings (SSSR count). The number of anilines is 1. The van der Waals surface area contributed by atoms with Crippen LogP contribution in [0.5, 0.6) is 11.5 Å². The summed E-state index contributed by atoms with van der Waals surface area (Å²) < 4.78 is 24.4. The number of hydrogen-bond donors (Lipinski definition) is 2. The molecule has 1 aliphatic rings. The highest BCUT2D eigenvalue weighted by Crippen LogP contribution is 2.35. The smallest absolute Gasteiger partial charge is 0.322 e. The number of aromatic amines is 1. The lowest BCUT2D eigenvalue weighted by atomic mass is 10.1. The molecule has 7 nitrogen and oxygen atoms in total. The summed E-state index contributed by atoms with van der Waals surface area (Å²) >= 11 is 0. The lowest BCUT2D eigenvalue weighted by Crippen LogP contribution is -2.44. The van der Waals surface area contributed by atoms with Crippen molar-refractivity contribution >= 4 is 11.7 Å². The summed E-state index contributed by atoms with van der Waals surface area (Å²) in [4.78, 5) is 14.3. The van der Waals surface area contributed by atoms with Crippen LogP contribution >= 0.6 is 0 Å². The molecule has 0 atom stereocenters. The molecule has 8 heteroatoms. The number of ether oxygens (including phenoxy) is 2. The van der Waals surface area contributed by atoms with Crippen LogP contribution in [0.25, 0.3) is 11.1 Å². The van der Waals surface area contributed by atoms with Gasteiger partial charge in [0.2, 0.25) is 0 Å². The number of halogens is 1. The van der Waals surface area contributed by atoms with Crippen LogP contribution in [0.15, 0.2) is 48.8 Å². The van der Waals surface area contributed by atoms with Gasteiger partial charge in [-0.3, -0.25) is 10.00 Å². The van der Waals surface area contributed by atoms with E-state index in [-0.39, 0.29) is 12.6 Å². The Morgan fingerprint density at radius 3 is 3.00 bits per heavy atom. The number of nitrogens with one attached hydrogen (secondary N) is 2. The molecule has 0 aliphatic carbocycles. The maximum atomic E-state index is 13.6. The molecule has 0 bridgehead atoms. The molecule has 2 heterocycles. The fraction of sp³-hybridized carbons (Fsp3) is 0.200. The molecule has 3 aromatic rings. The highest BCUT2D eigenvalue weighted by Gasteiger charge is 2.24. The third-order valence-electron chi connectivity index (χ3n) is 4.51. The fourth-order valence-electron chi connectivity index (χ4n) is 3.13. The average Bonchev–Trinajstić information content (AvgIpc) is 3.25. The first kappa shape index (κ1) is 17.8. The van der Waals surface area contributed by atoms with Gasteiger partial charge in [-0.05, 0) is 35.4 Å². The Balaban J connectivity index is 1.49. The molecule has 144 valence electrons. The summed E-state index contributed by atoms with van der Waals surface area (Å²) in [7, 11) is 1.47. The number of aromatic nitrogens is 2. The van der Waals surface area contributed by atoms with E-state index in [1.54, 1.807) is 23.4 Å². The van der Waals surface area contributed by atoms with Gasteiger partial charge in [-0.25, -0.2) is 9.18 Å². The quantitative estimate of drug-likeness (QED) is 0.725. The number of methoxy groups -OCH3 is 1. The Kier molecular flexibility index (Phi) is 4.84. The monoisotopic (exact) mass is 382 g/mol. The SMILES string of the molecule is COc1cc(F)cc(CNC(=O)N2CCOc3cc(-c4cn[nH]c4)ccc32)c1. The Bertz CT molecular complexity index is 991. The molecule has 1 aromatic heterocycles. The number of hydrogen-bond acceptors (Lipinski definition) is 4. The van der Waals surface area contributed by atoms with E-state index in [2.05, 4.69) is 15.5 Å². The van der Waals surface area contributed by atoms with Crippen LogP contribution in [-0.2, 0) is 6.54 Å². The molecule has 0 unspecified atom stereocenters. The van der Waals surface area contributed by atoms with Crippen molar-refractivity contribution < 1.29 is 18.7 Å². The number of rotatable bonds is 4. The molecule has 0 radical (unpaired) electrons. The van der Waals surface area contributed by atoms with Crippen molar-refractivity contribution in [2.45, 2.75) is 6.54 Å². The van der Waals surface area contributed by atoms with Crippen molar-refractivity contribution in [2.24, 2.45) is 0 Å². The van der Waals surface area contributed by atoms with Gasteiger partial charge in [0.1, 0.15) is 23.9 Å². The number of urea groups is 1. The molecule has 0 saturated carbocycles. The Labute approximate surface area is 161 Å². The first-order chi connectivity index (χ1) is 13.6. The molecule has 0 fully saturated rings. The van der Waals surface area contributed by atoms with E-state index >= 15 is 0 Å². The second-order valence-corrected chi connectivity index (χ2v) is 6.33. The summed E-state index contributed by atoms with van der Waals surface area (Å²) in [5.41, 5.74) is 3.19. The predicted molar refractivity (Wildman–Crippen MR) is 102 cm³/mol. The number of fused-ring (bicyclic) bond motifs is 1. The summed E-state index contributed by atoms with van der Waals surface area (Å²) in [6.07, 6.45) is 3.52. The van der Waals surface area contributed by atoms with Crippen LogP contribution in [0.1, 0.15) is 5.56 Å². The standard InChI is InChI=1S/C20H19FN4O3/c1-27-17-7-13(6-16(21)9-17)10-22-20(26)25-4-5-28-19-8-14(2-3-18(19)25)15-11-23-24-12-15/h2-3,6-9,11-12H,4-5,10H2,1H3,(H,22,26)(H,23,24). The lowest BCUT2D eigenvalue weighted by Gasteiger charge is -2.30. The zero-order valence-electron chi connectivity index (χ0n) is 15.2. The van der Waals surface area contributed by atoms with Gasteiger partial charge in [0.25, 0.3) is 0 Å². The van der Waals surface area contributed by atoms with Crippen molar-refractivity contribution in [1.82, 2.24) is 15.5 Å². The average molecular weight is 382 g/mol. The van der Waals surface area contributed by atoms with Crippen LogP contribution < -0.4 is 19.7 Å². The first-order valence-electron chi connectivity index (χ1n) is 8.79. The summed E-state index contributed by atoms with van der Waals surface area (Å²) in [5.74, 6) is 0.632. The Hall–Kier alpha value is -3.55. The highest BCUT2D eigenvalue weighted by molar-refractivity contribution is 5.94. The lowest BCUT2D eigenvalue weighted by molar-refractivity contribution is 0.239. The number of amides is 2. The number of nitrogens with zero attached hydrogens (tertiary/aromatic N) is 2. The van der Waals surface area contributed by atoms with Gasteiger partial charge < -0.3 is 14.8 Å². The Morgan fingerprint density at radius 1 is 1.32 bits per heavy atom. The molecular weight excluding hydrogens is 363 g/mol. The van der Waals surface area contributed by atoms with Crippen molar-refractivity contribution in [3.8, 4) is 22.6 Å². The van der Waals surface area contributed by atoms with E-state index < -0.39 is 5.82 Å². The van der Waals surface area contributed by atoms with Crippen LogP contribution in [0, 0.1) is 5.82 Å². The van der Waals surface area contributed by atoms with Gasteiger partial charge in [-0.2, -0.15) is 5.10 Å². The normalized spacial score (nSPS) is 12.9. The van der Waals surface area contributed by atoms with Gasteiger partial charge in [-0.1, -0.05) is 6.07 Å². The predicted octanol–water partition coefficient (Wildman–Crippen LogP) is 3.33. The summed E-state index contributed by atoms with van der Waals surface area (Å²) in [6, 6.07) is 9.72. The minimum atomic E-state index is -0.410. The third-order valence-corrected chi connectivity index (χ3v) is 4.51. The molecule has 0 saturated heterocycles. The van der Waals surface area contributed by atoms with Gasteiger partial charge >= 0.3 is 6.03 Å². The molecule has 28 heavy (non-hydrogen) atoms. The van der Waals surface area contributed by atoms with E-state index in [4.69, 9.17) is 9.47 Å². The first-order valence-corrected chi connectivity index (χ1v) is 8.79. The van der Waals surface area contributed by atoms with Crippen LogP contribution in [0.4, 0.5) is 14.9 Å². The maximum Gasteiger partial charge on any atom is 0.322 e. The van der Waals surface area contributed by atoms with Gasteiger partial charge in [0, 0.05) is 24.4 Å². The van der Waals surface area contributed by atoms with Crippen LogP contribution in [0.2, 0.25) is 0 Å². The molecule has 2 amide bonds. The van der Waals surface area contributed by atoms with E-state index in [9.17, 15) is 9.18 Å². The van der Waals surface area contributed by atoms with Crippen molar-refractivity contribution in [3.05, 3.63) is 60.2 Å². The van der Waals surface area contributed by atoms with Crippen molar-refractivity contribution in [2.75, 3.05) is 25.2 Å².